The Morgan fingerprint density at radius 1 is 1.32 bits per heavy atom. The van der Waals surface area contributed by atoms with Crippen LogP contribution in [0.15, 0.2) is 0 Å². The third-order valence-electron chi connectivity index (χ3n) is 4.14. The van der Waals surface area contributed by atoms with Crippen molar-refractivity contribution in [2.75, 3.05) is 33.2 Å². The number of hydrogen-bond donors (Lipinski definition) is 2. The minimum absolute atomic E-state index is 0.168. The molecule has 0 aromatic rings. The Balaban J connectivity index is 2.15. The van der Waals surface area contributed by atoms with E-state index in [-0.39, 0.29) is 5.91 Å². The topological polar surface area (TPSA) is 44.4 Å². The summed E-state index contributed by atoms with van der Waals surface area (Å²) in [5.41, 5.74) is 0. The van der Waals surface area contributed by atoms with Crippen LogP contribution in [0.3, 0.4) is 0 Å². The van der Waals surface area contributed by atoms with Crippen molar-refractivity contribution in [2.24, 2.45) is 5.92 Å². The summed E-state index contributed by atoms with van der Waals surface area (Å²) in [4.78, 5) is 14.0. The van der Waals surface area contributed by atoms with E-state index in [0.29, 0.717) is 12.6 Å². The zero-order chi connectivity index (χ0) is 14.1. The smallest absolute Gasteiger partial charge is 0.234 e. The van der Waals surface area contributed by atoms with Crippen molar-refractivity contribution in [2.45, 2.75) is 52.0 Å². The fourth-order valence-corrected chi connectivity index (χ4v) is 2.66. The molecule has 0 bridgehead atoms. The van der Waals surface area contributed by atoms with E-state index >= 15 is 0 Å². The molecule has 1 aliphatic rings. The molecule has 0 aromatic heterocycles. The average Bonchev–Trinajstić information content (AvgIpc) is 2.43. The largest absolute Gasteiger partial charge is 0.352 e. The molecule has 0 radical (unpaired) electrons. The van der Waals surface area contributed by atoms with Gasteiger partial charge in [0, 0.05) is 6.04 Å². The van der Waals surface area contributed by atoms with E-state index in [4.69, 9.17) is 0 Å². The van der Waals surface area contributed by atoms with Gasteiger partial charge in [-0.05, 0) is 64.7 Å². The van der Waals surface area contributed by atoms with Gasteiger partial charge in [0.25, 0.3) is 0 Å². The molecule has 19 heavy (non-hydrogen) atoms. The van der Waals surface area contributed by atoms with Gasteiger partial charge in [-0.15, -0.1) is 0 Å². The summed E-state index contributed by atoms with van der Waals surface area (Å²) >= 11 is 0. The molecule has 0 unspecified atom stereocenters. The Morgan fingerprint density at radius 3 is 2.53 bits per heavy atom. The van der Waals surface area contributed by atoms with Crippen LogP contribution in [0.25, 0.3) is 0 Å². The molecule has 2 N–H and O–H groups in total. The SMILES string of the molecule is CCC(CC)NC(=O)CN(C)CCC1CCNCC1. The highest BCUT2D eigenvalue weighted by atomic mass is 16.2. The summed E-state index contributed by atoms with van der Waals surface area (Å²) in [5, 5.41) is 6.49. The van der Waals surface area contributed by atoms with Crippen LogP contribution in [-0.4, -0.2) is 50.1 Å². The maximum Gasteiger partial charge on any atom is 0.234 e. The zero-order valence-corrected chi connectivity index (χ0v) is 12.9. The lowest BCUT2D eigenvalue weighted by Crippen LogP contribution is -2.41. The van der Waals surface area contributed by atoms with Gasteiger partial charge in [0.05, 0.1) is 6.54 Å². The predicted molar refractivity (Wildman–Crippen MR) is 80.2 cm³/mol. The number of piperidine rings is 1. The first-order chi connectivity index (χ1) is 9.15. The molecular formula is C15H31N3O. The molecular weight excluding hydrogens is 238 g/mol. The molecule has 1 saturated heterocycles. The van der Waals surface area contributed by atoms with E-state index in [1.165, 1.54) is 19.3 Å². The lowest BCUT2D eigenvalue weighted by Gasteiger charge is -2.25. The van der Waals surface area contributed by atoms with E-state index in [9.17, 15) is 4.79 Å². The van der Waals surface area contributed by atoms with Crippen molar-refractivity contribution in [1.82, 2.24) is 15.5 Å². The van der Waals surface area contributed by atoms with Crippen LogP contribution >= 0.6 is 0 Å². The second-order valence-corrected chi connectivity index (χ2v) is 5.80. The Labute approximate surface area is 118 Å². The van der Waals surface area contributed by atoms with Gasteiger partial charge in [0.15, 0.2) is 0 Å². The van der Waals surface area contributed by atoms with Crippen LogP contribution in [-0.2, 0) is 4.79 Å². The van der Waals surface area contributed by atoms with E-state index in [0.717, 1.165) is 38.4 Å². The molecule has 0 atom stereocenters. The number of rotatable bonds is 8. The highest BCUT2D eigenvalue weighted by Crippen LogP contribution is 2.15. The standard InChI is InChI=1S/C15H31N3O/c1-4-14(5-2)17-15(19)12-18(3)11-8-13-6-9-16-10-7-13/h13-14,16H,4-12H2,1-3H3,(H,17,19). The van der Waals surface area contributed by atoms with Crippen molar-refractivity contribution < 1.29 is 4.79 Å². The summed E-state index contributed by atoms with van der Waals surface area (Å²) in [5.74, 6) is 1.01. The maximum absolute atomic E-state index is 11.9. The highest BCUT2D eigenvalue weighted by Gasteiger charge is 2.15. The molecule has 1 heterocycles. The van der Waals surface area contributed by atoms with Crippen LogP contribution < -0.4 is 10.6 Å². The zero-order valence-electron chi connectivity index (χ0n) is 12.9. The number of likely N-dealkylation sites (N-methyl/N-ethyl adjacent to an activating group) is 1. The highest BCUT2D eigenvalue weighted by molar-refractivity contribution is 5.78. The molecule has 112 valence electrons. The molecule has 0 spiro atoms. The number of nitrogens with zero attached hydrogens (tertiary/aromatic N) is 1. The van der Waals surface area contributed by atoms with Gasteiger partial charge < -0.3 is 10.6 Å². The molecule has 4 nitrogen and oxygen atoms in total. The first-order valence-corrected chi connectivity index (χ1v) is 7.84. The van der Waals surface area contributed by atoms with Crippen LogP contribution in [0.5, 0.6) is 0 Å². The lowest BCUT2D eigenvalue weighted by atomic mass is 9.94. The molecule has 4 heteroatoms. The van der Waals surface area contributed by atoms with Gasteiger partial charge in [0.2, 0.25) is 5.91 Å². The van der Waals surface area contributed by atoms with Crippen LogP contribution in [0.2, 0.25) is 0 Å². The minimum Gasteiger partial charge on any atom is -0.352 e. The van der Waals surface area contributed by atoms with Gasteiger partial charge in [-0.1, -0.05) is 13.8 Å². The van der Waals surface area contributed by atoms with Gasteiger partial charge in [0.1, 0.15) is 0 Å². The summed E-state index contributed by atoms with van der Waals surface area (Å²) < 4.78 is 0. The Bertz CT molecular complexity index is 248. The van der Waals surface area contributed by atoms with Gasteiger partial charge >= 0.3 is 0 Å². The quantitative estimate of drug-likeness (QED) is 0.704. The molecule has 0 aliphatic carbocycles. The van der Waals surface area contributed by atoms with Crippen molar-refractivity contribution in [3.63, 3.8) is 0 Å². The fraction of sp³-hybridized carbons (Fsp3) is 0.933. The molecule has 0 saturated carbocycles. The maximum atomic E-state index is 11.9. The Kier molecular flexibility index (Phi) is 8.07. The summed E-state index contributed by atoms with van der Waals surface area (Å²) in [7, 11) is 2.05. The number of nitrogens with one attached hydrogen (secondary N) is 2. The minimum atomic E-state index is 0.168. The van der Waals surface area contributed by atoms with E-state index < -0.39 is 0 Å². The molecule has 1 amide bonds. The lowest BCUT2D eigenvalue weighted by molar-refractivity contribution is -0.122. The third-order valence-corrected chi connectivity index (χ3v) is 4.14. The molecule has 0 aromatic carbocycles. The third kappa shape index (κ3) is 6.92. The number of carbonyl (C=O) groups excluding carboxylic acids is 1. The average molecular weight is 269 g/mol. The first kappa shape index (κ1) is 16.4. The fourth-order valence-electron chi connectivity index (χ4n) is 2.66. The Hall–Kier alpha value is -0.610. The summed E-state index contributed by atoms with van der Waals surface area (Å²) in [6.45, 7) is 8.11. The van der Waals surface area contributed by atoms with Gasteiger partial charge in [-0.25, -0.2) is 0 Å². The molecule has 1 aliphatic heterocycles. The molecule has 1 fully saturated rings. The van der Waals surface area contributed by atoms with Crippen molar-refractivity contribution in [3.8, 4) is 0 Å². The normalized spacial score (nSPS) is 17.1. The van der Waals surface area contributed by atoms with E-state index in [2.05, 4.69) is 29.4 Å². The van der Waals surface area contributed by atoms with Crippen LogP contribution in [0, 0.1) is 5.92 Å². The van der Waals surface area contributed by atoms with Crippen molar-refractivity contribution >= 4 is 5.91 Å². The van der Waals surface area contributed by atoms with E-state index in [1.54, 1.807) is 0 Å². The van der Waals surface area contributed by atoms with Gasteiger partial charge in [-0.3, -0.25) is 9.69 Å². The van der Waals surface area contributed by atoms with Crippen LogP contribution in [0.4, 0.5) is 0 Å². The summed E-state index contributed by atoms with van der Waals surface area (Å²) in [6.07, 6.45) is 5.82. The second-order valence-electron chi connectivity index (χ2n) is 5.80. The van der Waals surface area contributed by atoms with Crippen molar-refractivity contribution in [3.05, 3.63) is 0 Å². The van der Waals surface area contributed by atoms with Crippen molar-refractivity contribution in [1.29, 1.82) is 0 Å². The second kappa shape index (κ2) is 9.32. The summed E-state index contributed by atoms with van der Waals surface area (Å²) in [6, 6.07) is 0.338. The number of hydrogen-bond acceptors (Lipinski definition) is 3. The van der Waals surface area contributed by atoms with Gasteiger partial charge in [-0.2, -0.15) is 0 Å². The number of amides is 1. The number of carbonyl (C=O) groups is 1. The monoisotopic (exact) mass is 269 g/mol. The van der Waals surface area contributed by atoms with E-state index in [1.807, 2.05) is 7.05 Å². The predicted octanol–water partition coefficient (Wildman–Crippen LogP) is 1.61. The molecule has 1 rings (SSSR count). The van der Waals surface area contributed by atoms with Crippen LogP contribution in [0.1, 0.15) is 46.0 Å². The first-order valence-electron chi connectivity index (χ1n) is 7.84. The Morgan fingerprint density at radius 2 is 1.95 bits per heavy atom.